The summed E-state index contributed by atoms with van der Waals surface area (Å²) in [4.78, 5) is 1.57. The van der Waals surface area contributed by atoms with Gasteiger partial charge >= 0.3 is 0 Å². The predicted octanol–water partition coefficient (Wildman–Crippen LogP) is 3.30. The van der Waals surface area contributed by atoms with Crippen molar-refractivity contribution in [2.24, 2.45) is 5.73 Å². The molecule has 2 heterocycles. The summed E-state index contributed by atoms with van der Waals surface area (Å²) >= 11 is 1.93. The number of rotatable bonds is 2. The van der Waals surface area contributed by atoms with Crippen LogP contribution in [0.5, 0.6) is 0 Å². The molecule has 0 saturated heterocycles. The average molecular weight is 269 g/mol. The summed E-state index contributed by atoms with van der Waals surface area (Å²) in [5.41, 5.74) is 8.83. The smallest absolute Gasteiger partial charge is 0.104 e. The van der Waals surface area contributed by atoms with Gasteiger partial charge in [0, 0.05) is 29.4 Å². The maximum absolute atomic E-state index is 5.92. The van der Waals surface area contributed by atoms with Gasteiger partial charge in [-0.2, -0.15) is 0 Å². The van der Waals surface area contributed by atoms with Crippen LogP contribution in [0.25, 0.3) is 5.00 Å². The van der Waals surface area contributed by atoms with Gasteiger partial charge in [-0.15, -0.1) is 23.7 Å². The molecule has 0 amide bonds. The first kappa shape index (κ1) is 12.7. The zero-order valence-corrected chi connectivity index (χ0v) is 11.3. The number of hydrogen-bond donors (Lipinski definition) is 1. The first-order valence-corrected chi connectivity index (χ1v) is 6.68. The summed E-state index contributed by atoms with van der Waals surface area (Å²) in [5, 5.41) is 1.33. The lowest BCUT2D eigenvalue weighted by Crippen LogP contribution is -2.06. The molecule has 4 heteroatoms. The minimum absolute atomic E-state index is 0. The van der Waals surface area contributed by atoms with Gasteiger partial charge in [0.15, 0.2) is 0 Å². The second-order valence-corrected chi connectivity index (χ2v) is 5.37. The largest absolute Gasteiger partial charge is 0.326 e. The number of aryl methyl sites for hydroxylation is 1. The summed E-state index contributed by atoms with van der Waals surface area (Å²) < 4.78 is 2.20. The molecule has 1 aliphatic carbocycles. The van der Waals surface area contributed by atoms with Crippen LogP contribution in [-0.2, 0) is 19.4 Å². The normalized spacial score (nSPS) is 14.2. The molecule has 0 aromatic carbocycles. The zero-order chi connectivity index (χ0) is 11.0. The van der Waals surface area contributed by atoms with E-state index in [0.717, 1.165) is 0 Å². The van der Waals surface area contributed by atoms with Crippen LogP contribution < -0.4 is 5.73 Å². The molecule has 0 atom stereocenters. The second-order valence-electron chi connectivity index (χ2n) is 4.29. The van der Waals surface area contributed by atoms with E-state index in [0.29, 0.717) is 6.54 Å². The summed E-state index contributed by atoms with van der Waals surface area (Å²) in [5.74, 6) is 0. The van der Waals surface area contributed by atoms with E-state index in [4.69, 9.17) is 5.73 Å². The van der Waals surface area contributed by atoms with Gasteiger partial charge in [0.25, 0.3) is 0 Å². The predicted molar refractivity (Wildman–Crippen MR) is 75.4 cm³/mol. The van der Waals surface area contributed by atoms with E-state index in [2.05, 4.69) is 29.1 Å². The maximum Gasteiger partial charge on any atom is 0.104 e. The highest BCUT2D eigenvalue weighted by Gasteiger charge is 2.20. The molecule has 0 unspecified atom stereocenters. The molecule has 3 rings (SSSR count). The number of nitrogens with two attached hydrogens (primary N) is 1. The molecule has 2 nitrogen and oxygen atoms in total. The average Bonchev–Trinajstić information content (AvgIpc) is 2.95. The lowest BCUT2D eigenvalue weighted by molar-refractivity contribution is 0.690. The topological polar surface area (TPSA) is 30.9 Å². The molecule has 0 fully saturated rings. The molecular formula is C13H17ClN2S. The molecule has 0 spiro atoms. The van der Waals surface area contributed by atoms with Gasteiger partial charge in [-0.3, -0.25) is 0 Å². The van der Waals surface area contributed by atoms with E-state index in [9.17, 15) is 0 Å². The van der Waals surface area contributed by atoms with Crippen molar-refractivity contribution in [3.63, 3.8) is 0 Å². The van der Waals surface area contributed by atoms with E-state index in [1.165, 1.54) is 36.2 Å². The van der Waals surface area contributed by atoms with Gasteiger partial charge in [-0.1, -0.05) is 0 Å². The van der Waals surface area contributed by atoms with Gasteiger partial charge < -0.3 is 10.3 Å². The minimum Gasteiger partial charge on any atom is -0.326 e. The molecule has 0 radical (unpaired) electrons. The fourth-order valence-corrected chi connectivity index (χ4v) is 3.89. The molecule has 2 N–H and O–H groups in total. The lowest BCUT2D eigenvalue weighted by Gasteiger charge is -2.11. The highest BCUT2D eigenvalue weighted by Crippen LogP contribution is 2.36. The highest BCUT2D eigenvalue weighted by atomic mass is 35.5. The number of halogens is 1. The van der Waals surface area contributed by atoms with E-state index in [-0.39, 0.29) is 12.4 Å². The van der Waals surface area contributed by atoms with Crippen molar-refractivity contribution < 1.29 is 0 Å². The molecule has 2 aromatic rings. The molecule has 0 saturated carbocycles. The molecule has 0 aliphatic heterocycles. The Morgan fingerprint density at radius 3 is 2.59 bits per heavy atom. The molecule has 2 aromatic heterocycles. The van der Waals surface area contributed by atoms with E-state index >= 15 is 0 Å². The van der Waals surface area contributed by atoms with Gasteiger partial charge in [-0.25, -0.2) is 0 Å². The summed E-state index contributed by atoms with van der Waals surface area (Å²) in [6, 6.07) is 4.14. The van der Waals surface area contributed by atoms with Crippen molar-refractivity contribution >= 4 is 23.7 Å². The van der Waals surface area contributed by atoms with Crippen LogP contribution in [0.3, 0.4) is 0 Å². The van der Waals surface area contributed by atoms with Gasteiger partial charge in [0.1, 0.15) is 5.00 Å². The monoisotopic (exact) mass is 268 g/mol. The first-order chi connectivity index (χ1) is 7.90. The van der Waals surface area contributed by atoms with Crippen LogP contribution >= 0.6 is 23.7 Å². The Kier molecular flexibility index (Phi) is 3.92. The molecule has 17 heavy (non-hydrogen) atoms. The maximum atomic E-state index is 5.92. The SMILES string of the molecule is Cl.NCc1c(-n2cccc2)sc2c1CCCC2. The Morgan fingerprint density at radius 2 is 1.88 bits per heavy atom. The summed E-state index contributed by atoms with van der Waals surface area (Å²) in [6.07, 6.45) is 9.34. The number of thiophene rings is 1. The van der Waals surface area contributed by atoms with Crippen molar-refractivity contribution in [3.05, 3.63) is 40.5 Å². The fraction of sp³-hybridized carbons (Fsp3) is 0.385. The number of nitrogens with zero attached hydrogens (tertiary/aromatic N) is 1. The Labute approximate surface area is 112 Å². The van der Waals surface area contributed by atoms with Crippen LogP contribution in [0.4, 0.5) is 0 Å². The van der Waals surface area contributed by atoms with Gasteiger partial charge in [-0.05, 0) is 43.4 Å². The summed E-state index contributed by atoms with van der Waals surface area (Å²) in [7, 11) is 0. The van der Waals surface area contributed by atoms with Gasteiger partial charge in [0.05, 0.1) is 0 Å². The van der Waals surface area contributed by atoms with Crippen LogP contribution in [0.1, 0.15) is 28.8 Å². The van der Waals surface area contributed by atoms with Gasteiger partial charge in [0.2, 0.25) is 0 Å². The standard InChI is InChI=1S/C13H16N2S.ClH/c14-9-11-10-5-1-2-6-12(10)16-13(11)15-7-3-4-8-15;/h3-4,7-8H,1-2,5-6,9,14H2;1H. The minimum atomic E-state index is 0. The zero-order valence-electron chi connectivity index (χ0n) is 9.69. The van der Waals surface area contributed by atoms with Crippen LogP contribution in [0.15, 0.2) is 24.5 Å². The van der Waals surface area contributed by atoms with Crippen molar-refractivity contribution in [3.8, 4) is 5.00 Å². The third-order valence-corrected chi connectivity index (χ3v) is 4.65. The Hall–Kier alpha value is -0.770. The second kappa shape index (κ2) is 5.25. The third-order valence-electron chi connectivity index (χ3n) is 3.30. The van der Waals surface area contributed by atoms with E-state index < -0.39 is 0 Å². The Morgan fingerprint density at radius 1 is 1.18 bits per heavy atom. The van der Waals surface area contributed by atoms with Crippen LogP contribution in [0, 0.1) is 0 Å². The fourth-order valence-electron chi connectivity index (χ4n) is 2.51. The third kappa shape index (κ3) is 2.15. The number of aromatic nitrogens is 1. The van der Waals surface area contributed by atoms with E-state index in [1.807, 2.05) is 11.3 Å². The Balaban J connectivity index is 0.00000108. The molecule has 1 aliphatic rings. The molecular weight excluding hydrogens is 252 g/mol. The van der Waals surface area contributed by atoms with Crippen molar-refractivity contribution in [1.29, 1.82) is 0 Å². The van der Waals surface area contributed by atoms with Crippen LogP contribution in [-0.4, -0.2) is 4.57 Å². The van der Waals surface area contributed by atoms with Crippen molar-refractivity contribution in [2.45, 2.75) is 32.2 Å². The van der Waals surface area contributed by atoms with Crippen molar-refractivity contribution in [2.75, 3.05) is 0 Å². The Bertz CT molecular complexity index is 488. The van der Waals surface area contributed by atoms with Crippen molar-refractivity contribution in [1.82, 2.24) is 4.57 Å². The van der Waals surface area contributed by atoms with Crippen LogP contribution in [0.2, 0.25) is 0 Å². The molecule has 92 valence electrons. The van der Waals surface area contributed by atoms with E-state index in [1.54, 1.807) is 10.4 Å². The number of hydrogen-bond acceptors (Lipinski definition) is 2. The number of fused-ring (bicyclic) bond motifs is 1. The highest BCUT2D eigenvalue weighted by molar-refractivity contribution is 7.14. The quantitative estimate of drug-likeness (QED) is 0.890. The lowest BCUT2D eigenvalue weighted by atomic mass is 9.95. The molecule has 0 bridgehead atoms. The summed E-state index contributed by atoms with van der Waals surface area (Å²) in [6.45, 7) is 0.666. The first-order valence-electron chi connectivity index (χ1n) is 5.87.